The van der Waals surface area contributed by atoms with Gasteiger partial charge in [0.2, 0.25) is 5.91 Å². The minimum atomic E-state index is -0.316. The van der Waals surface area contributed by atoms with E-state index >= 15 is 0 Å². The minimum Gasteiger partial charge on any atom is -0.399 e. The van der Waals surface area contributed by atoms with Crippen LogP contribution in [0.3, 0.4) is 0 Å². The third-order valence-electron chi connectivity index (χ3n) is 3.14. The lowest BCUT2D eigenvalue weighted by molar-refractivity contribution is -0.116. The van der Waals surface area contributed by atoms with Gasteiger partial charge in [-0.05, 0) is 43.7 Å². The monoisotopic (exact) mass is 296 g/mol. The third kappa shape index (κ3) is 5.84. The molecule has 1 aromatic rings. The Kier molecular flexibility index (Phi) is 6.88. The first-order valence-corrected chi connectivity index (χ1v) is 7.90. The van der Waals surface area contributed by atoms with Gasteiger partial charge in [-0.2, -0.15) is 11.8 Å². The van der Waals surface area contributed by atoms with Crippen molar-refractivity contribution in [2.24, 2.45) is 0 Å². The van der Waals surface area contributed by atoms with E-state index in [0.717, 1.165) is 23.4 Å². The third-order valence-corrected chi connectivity index (χ3v) is 4.59. The maximum absolute atomic E-state index is 11.8. The van der Waals surface area contributed by atoms with Crippen LogP contribution in [-0.2, 0) is 4.79 Å². The molecule has 1 amide bonds. The molecule has 0 fully saturated rings. The molecule has 0 aliphatic rings. The number of nitrogens with two attached hydrogens (primary N) is 1. The molecule has 0 radical (unpaired) electrons. The molecule has 20 heavy (non-hydrogen) atoms. The number of rotatable bonds is 7. The van der Waals surface area contributed by atoms with Gasteiger partial charge in [0.25, 0.3) is 0 Å². The van der Waals surface area contributed by atoms with Gasteiger partial charge in [0.1, 0.15) is 0 Å². The number of nitrogens with one attached hydrogen (secondary N) is 1. The van der Waals surface area contributed by atoms with Crippen LogP contribution < -0.4 is 11.1 Å². The van der Waals surface area contributed by atoms with E-state index in [2.05, 4.69) is 5.32 Å². The molecule has 4 N–H and O–H groups in total. The summed E-state index contributed by atoms with van der Waals surface area (Å²) in [6.07, 6.45) is 0.964. The second-order valence-corrected chi connectivity index (χ2v) is 6.53. The molecular weight excluding hydrogens is 272 g/mol. The van der Waals surface area contributed by atoms with Gasteiger partial charge >= 0.3 is 0 Å². The highest BCUT2D eigenvalue weighted by Crippen LogP contribution is 2.19. The number of aryl methyl sites for hydroxylation is 1. The number of carbonyl (C=O) groups excluding carboxylic acids is 1. The molecule has 4 nitrogen and oxygen atoms in total. The lowest BCUT2D eigenvalue weighted by Gasteiger charge is -2.13. The fraction of sp³-hybridized carbons (Fsp3) is 0.533. The van der Waals surface area contributed by atoms with E-state index in [9.17, 15) is 9.90 Å². The number of benzene rings is 1. The summed E-state index contributed by atoms with van der Waals surface area (Å²) >= 11 is 1.69. The number of amides is 1. The van der Waals surface area contributed by atoms with Gasteiger partial charge in [-0.25, -0.2) is 0 Å². The number of hydrogen-bond donors (Lipinski definition) is 3. The van der Waals surface area contributed by atoms with Crippen molar-refractivity contribution in [3.05, 3.63) is 23.8 Å². The van der Waals surface area contributed by atoms with Crippen molar-refractivity contribution in [3.63, 3.8) is 0 Å². The molecule has 0 heterocycles. The van der Waals surface area contributed by atoms with Crippen LogP contribution in [0.2, 0.25) is 0 Å². The highest BCUT2D eigenvalue weighted by molar-refractivity contribution is 7.99. The fourth-order valence-electron chi connectivity index (χ4n) is 1.63. The molecular formula is C15H24N2O2S. The number of thioether (sulfide) groups is 1. The van der Waals surface area contributed by atoms with E-state index in [1.165, 1.54) is 0 Å². The van der Waals surface area contributed by atoms with Crippen LogP contribution in [0.25, 0.3) is 0 Å². The molecule has 0 aromatic heterocycles. The summed E-state index contributed by atoms with van der Waals surface area (Å²) in [6.45, 7) is 5.72. The van der Waals surface area contributed by atoms with Crippen molar-refractivity contribution in [1.82, 2.24) is 0 Å². The first-order chi connectivity index (χ1) is 9.40. The highest BCUT2D eigenvalue weighted by Gasteiger charge is 2.09. The maximum Gasteiger partial charge on any atom is 0.224 e. The minimum absolute atomic E-state index is 0.00370. The van der Waals surface area contributed by atoms with E-state index in [1.807, 2.05) is 26.0 Å². The van der Waals surface area contributed by atoms with Crippen LogP contribution in [0.1, 0.15) is 32.3 Å². The van der Waals surface area contributed by atoms with E-state index in [4.69, 9.17) is 5.73 Å². The van der Waals surface area contributed by atoms with Crippen LogP contribution in [0.5, 0.6) is 0 Å². The molecule has 2 unspecified atom stereocenters. The summed E-state index contributed by atoms with van der Waals surface area (Å²) in [4.78, 5) is 11.8. The summed E-state index contributed by atoms with van der Waals surface area (Å²) in [5.41, 5.74) is 8.14. The van der Waals surface area contributed by atoms with Crippen LogP contribution in [0.15, 0.2) is 18.2 Å². The largest absolute Gasteiger partial charge is 0.399 e. The summed E-state index contributed by atoms with van der Waals surface area (Å²) in [5, 5.41) is 12.5. The van der Waals surface area contributed by atoms with Gasteiger partial charge < -0.3 is 16.2 Å². The van der Waals surface area contributed by atoms with Gasteiger partial charge in [-0.1, -0.05) is 13.0 Å². The van der Waals surface area contributed by atoms with E-state index < -0.39 is 0 Å². The molecule has 0 aliphatic carbocycles. The maximum atomic E-state index is 11.8. The summed E-state index contributed by atoms with van der Waals surface area (Å²) in [5.74, 6) is 0.874. The first-order valence-electron chi connectivity index (χ1n) is 6.85. The fourth-order valence-corrected chi connectivity index (χ4v) is 2.59. The van der Waals surface area contributed by atoms with Crippen LogP contribution in [0, 0.1) is 6.92 Å². The van der Waals surface area contributed by atoms with Crippen molar-refractivity contribution in [3.8, 4) is 0 Å². The van der Waals surface area contributed by atoms with Crippen molar-refractivity contribution >= 4 is 29.0 Å². The van der Waals surface area contributed by atoms with E-state index in [0.29, 0.717) is 12.1 Å². The molecule has 0 bridgehead atoms. The summed E-state index contributed by atoms with van der Waals surface area (Å²) in [7, 11) is 0. The topological polar surface area (TPSA) is 75.3 Å². The second kappa shape index (κ2) is 8.17. The predicted molar refractivity (Wildman–Crippen MR) is 87.1 cm³/mol. The molecule has 0 aliphatic heterocycles. The normalized spacial score (nSPS) is 13.8. The van der Waals surface area contributed by atoms with Crippen molar-refractivity contribution < 1.29 is 9.90 Å². The van der Waals surface area contributed by atoms with Crippen molar-refractivity contribution in [2.45, 2.75) is 45.0 Å². The SMILES string of the molecule is Cc1ccc(N)cc1NC(=O)CCCSC(C)C(C)O. The first kappa shape index (κ1) is 16.9. The summed E-state index contributed by atoms with van der Waals surface area (Å²) in [6, 6.07) is 5.49. The average molecular weight is 296 g/mol. The zero-order valence-corrected chi connectivity index (χ0v) is 13.2. The standard InChI is InChI=1S/C15H24N2O2S/c1-10-6-7-13(16)9-14(10)17-15(19)5-4-8-20-12(3)11(2)18/h6-7,9,11-12,18H,4-5,8,16H2,1-3H3,(H,17,19). The number of aliphatic hydroxyl groups is 1. The molecule has 1 rings (SSSR count). The average Bonchev–Trinajstić information content (AvgIpc) is 2.38. The number of carbonyl (C=O) groups is 1. The Balaban J connectivity index is 2.32. The number of aliphatic hydroxyl groups excluding tert-OH is 1. The number of hydrogen-bond acceptors (Lipinski definition) is 4. The van der Waals surface area contributed by atoms with E-state index in [1.54, 1.807) is 24.8 Å². The smallest absolute Gasteiger partial charge is 0.224 e. The Hall–Kier alpha value is -1.20. The molecule has 112 valence electrons. The summed E-state index contributed by atoms with van der Waals surface area (Å²) < 4.78 is 0. The molecule has 0 saturated heterocycles. The Labute approximate surface area is 125 Å². The Morgan fingerprint density at radius 3 is 2.80 bits per heavy atom. The lowest BCUT2D eigenvalue weighted by Crippen LogP contribution is -2.16. The zero-order valence-electron chi connectivity index (χ0n) is 12.3. The molecule has 5 heteroatoms. The number of anilines is 2. The zero-order chi connectivity index (χ0) is 15.1. The van der Waals surface area contributed by atoms with Crippen LogP contribution in [-0.4, -0.2) is 28.1 Å². The van der Waals surface area contributed by atoms with Crippen molar-refractivity contribution in [2.75, 3.05) is 16.8 Å². The van der Waals surface area contributed by atoms with Crippen LogP contribution in [0.4, 0.5) is 11.4 Å². The quantitative estimate of drug-likeness (QED) is 0.534. The van der Waals surface area contributed by atoms with Gasteiger partial charge in [0.15, 0.2) is 0 Å². The van der Waals surface area contributed by atoms with E-state index in [-0.39, 0.29) is 17.3 Å². The van der Waals surface area contributed by atoms with Crippen LogP contribution >= 0.6 is 11.8 Å². The van der Waals surface area contributed by atoms with Crippen molar-refractivity contribution in [1.29, 1.82) is 0 Å². The molecule has 0 saturated carbocycles. The second-order valence-electron chi connectivity index (χ2n) is 5.04. The van der Waals surface area contributed by atoms with Gasteiger partial charge in [-0.15, -0.1) is 0 Å². The molecule has 1 aromatic carbocycles. The Bertz CT molecular complexity index is 449. The Morgan fingerprint density at radius 2 is 2.15 bits per heavy atom. The number of nitrogen functional groups attached to an aromatic ring is 1. The lowest BCUT2D eigenvalue weighted by atomic mass is 10.1. The predicted octanol–water partition coefficient (Wildman–Crippen LogP) is 2.80. The molecule has 2 atom stereocenters. The van der Waals surface area contributed by atoms with Gasteiger partial charge in [0.05, 0.1) is 6.10 Å². The Morgan fingerprint density at radius 1 is 1.45 bits per heavy atom. The van der Waals surface area contributed by atoms with Gasteiger partial charge in [0, 0.05) is 23.0 Å². The molecule has 0 spiro atoms. The van der Waals surface area contributed by atoms with Gasteiger partial charge in [-0.3, -0.25) is 4.79 Å². The highest BCUT2D eigenvalue weighted by atomic mass is 32.2.